The molecule has 2 rings (SSSR count). The van der Waals surface area contributed by atoms with E-state index < -0.39 is 0 Å². The van der Waals surface area contributed by atoms with E-state index in [0.29, 0.717) is 5.41 Å². The second kappa shape index (κ2) is 5.37. The van der Waals surface area contributed by atoms with Gasteiger partial charge in [-0.2, -0.15) is 0 Å². The molecule has 0 aromatic rings. The van der Waals surface area contributed by atoms with Crippen LogP contribution in [0.4, 0.5) is 0 Å². The molecule has 0 radical (unpaired) electrons. The van der Waals surface area contributed by atoms with Gasteiger partial charge < -0.3 is 0 Å². The van der Waals surface area contributed by atoms with E-state index in [0.717, 1.165) is 17.8 Å². The molecule has 0 aromatic carbocycles. The highest BCUT2D eigenvalue weighted by Gasteiger charge is 2.39. The summed E-state index contributed by atoms with van der Waals surface area (Å²) in [5.74, 6) is 3.16. The molecule has 0 nitrogen and oxygen atoms in total. The molecule has 90 valence electrons. The molecule has 0 spiro atoms. The Morgan fingerprint density at radius 2 is 1.53 bits per heavy atom. The van der Waals surface area contributed by atoms with E-state index in [2.05, 4.69) is 20.8 Å². The zero-order valence-corrected chi connectivity index (χ0v) is 11.5. The molecule has 3 unspecified atom stereocenters. The fraction of sp³-hybridized carbons (Fsp3) is 1.00. The molecule has 15 heavy (non-hydrogen) atoms. The van der Waals surface area contributed by atoms with Crippen molar-refractivity contribution in [1.82, 2.24) is 0 Å². The maximum Gasteiger partial charge on any atom is -0.0349 e. The van der Waals surface area contributed by atoms with Gasteiger partial charge in [-0.1, -0.05) is 53.9 Å². The van der Waals surface area contributed by atoms with E-state index in [9.17, 15) is 0 Å². The van der Waals surface area contributed by atoms with Crippen LogP contribution in [0.15, 0.2) is 0 Å². The Kier molecular flexibility index (Phi) is 4.67. The van der Waals surface area contributed by atoms with Gasteiger partial charge in [-0.25, -0.2) is 0 Å². The molecule has 2 fully saturated rings. The van der Waals surface area contributed by atoms with Crippen molar-refractivity contribution in [2.45, 2.75) is 73.1 Å². The van der Waals surface area contributed by atoms with Crippen molar-refractivity contribution >= 4 is 0 Å². The molecule has 0 heterocycles. The van der Waals surface area contributed by atoms with E-state index in [4.69, 9.17) is 0 Å². The quantitative estimate of drug-likeness (QED) is 0.510. The van der Waals surface area contributed by atoms with Crippen LogP contribution >= 0.6 is 0 Å². The normalized spacial score (nSPS) is 38.6. The highest BCUT2D eigenvalue weighted by atomic mass is 14.4. The lowest BCUT2D eigenvalue weighted by atomic mass is 9.58. The largest absolute Gasteiger partial charge is 0.0683 e. The van der Waals surface area contributed by atoms with Crippen LogP contribution in [0, 0.1) is 23.2 Å². The Hall–Kier alpha value is 0. The predicted octanol–water partition coefficient (Wildman–Crippen LogP) is 5.28. The van der Waals surface area contributed by atoms with Gasteiger partial charge in [-0.05, 0) is 42.4 Å². The Balaban J connectivity index is 0.000000531. The van der Waals surface area contributed by atoms with Gasteiger partial charge in [0.15, 0.2) is 0 Å². The zero-order chi connectivity index (χ0) is 11.5. The fourth-order valence-electron chi connectivity index (χ4n) is 4.06. The lowest BCUT2D eigenvalue weighted by Crippen LogP contribution is -2.37. The predicted molar refractivity (Wildman–Crippen MR) is 69.0 cm³/mol. The number of fused-ring (bicyclic) bond motifs is 1. The van der Waals surface area contributed by atoms with E-state index in [1.165, 1.54) is 38.5 Å². The van der Waals surface area contributed by atoms with Crippen molar-refractivity contribution in [3.63, 3.8) is 0 Å². The highest BCUT2D eigenvalue weighted by Crippen LogP contribution is 2.50. The first-order chi connectivity index (χ1) is 7.08. The molecule has 0 amide bonds. The first-order valence-corrected chi connectivity index (χ1v) is 7.08. The van der Waals surface area contributed by atoms with Crippen LogP contribution < -0.4 is 0 Å². The third kappa shape index (κ3) is 3.23. The Morgan fingerprint density at radius 1 is 0.933 bits per heavy atom. The summed E-state index contributed by atoms with van der Waals surface area (Å²) in [7, 11) is 0. The van der Waals surface area contributed by atoms with Gasteiger partial charge in [-0.3, -0.25) is 0 Å². The second-order valence-electron chi connectivity index (χ2n) is 6.26. The lowest BCUT2D eigenvalue weighted by molar-refractivity contribution is 0.0355. The van der Waals surface area contributed by atoms with Crippen molar-refractivity contribution in [3.05, 3.63) is 0 Å². The highest BCUT2D eigenvalue weighted by molar-refractivity contribution is 4.90. The number of hydrogen-bond acceptors (Lipinski definition) is 0. The summed E-state index contributed by atoms with van der Waals surface area (Å²) >= 11 is 0. The van der Waals surface area contributed by atoms with Crippen molar-refractivity contribution < 1.29 is 0 Å². The van der Waals surface area contributed by atoms with E-state index in [-0.39, 0.29) is 0 Å². The van der Waals surface area contributed by atoms with Crippen molar-refractivity contribution in [1.29, 1.82) is 0 Å². The van der Waals surface area contributed by atoms with Gasteiger partial charge in [0.1, 0.15) is 0 Å². The number of hydrogen-bond donors (Lipinski definition) is 0. The molecule has 0 saturated heterocycles. The standard InChI is InChI=1S/C13H24.C2H6/c1-10-8-13(2,3)9-11-6-4-5-7-12(10)11;1-2/h10-12H,4-9H2,1-3H3;1-2H3. The van der Waals surface area contributed by atoms with Gasteiger partial charge in [0.05, 0.1) is 0 Å². The van der Waals surface area contributed by atoms with Crippen LogP contribution in [0.25, 0.3) is 0 Å². The summed E-state index contributed by atoms with van der Waals surface area (Å²) < 4.78 is 0. The SMILES string of the molecule is CC.CC1CC(C)(C)CC2CCCCC12. The van der Waals surface area contributed by atoms with E-state index in [1.54, 1.807) is 0 Å². The monoisotopic (exact) mass is 210 g/mol. The topological polar surface area (TPSA) is 0 Å². The van der Waals surface area contributed by atoms with Gasteiger partial charge in [0.25, 0.3) is 0 Å². The van der Waals surface area contributed by atoms with Gasteiger partial charge in [-0.15, -0.1) is 0 Å². The Labute approximate surface area is 96.8 Å². The average Bonchev–Trinajstić information content (AvgIpc) is 2.19. The van der Waals surface area contributed by atoms with E-state index >= 15 is 0 Å². The maximum absolute atomic E-state index is 2.49. The van der Waals surface area contributed by atoms with Crippen molar-refractivity contribution in [3.8, 4) is 0 Å². The van der Waals surface area contributed by atoms with Crippen LogP contribution in [0.5, 0.6) is 0 Å². The summed E-state index contributed by atoms with van der Waals surface area (Å²) in [5, 5.41) is 0. The summed E-state index contributed by atoms with van der Waals surface area (Å²) in [5.41, 5.74) is 0.637. The smallest absolute Gasteiger partial charge is 0.0349 e. The fourth-order valence-corrected chi connectivity index (χ4v) is 4.06. The minimum atomic E-state index is 0.637. The van der Waals surface area contributed by atoms with Crippen LogP contribution in [0.2, 0.25) is 0 Å². The third-order valence-corrected chi connectivity index (χ3v) is 4.39. The van der Waals surface area contributed by atoms with E-state index in [1.807, 2.05) is 13.8 Å². The van der Waals surface area contributed by atoms with Crippen LogP contribution in [-0.4, -0.2) is 0 Å². The summed E-state index contributed by atoms with van der Waals surface area (Å²) in [6.45, 7) is 11.4. The molecular weight excluding hydrogens is 180 g/mol. The molecule has 0 heteroatoms. The number of rotatable bonds is 0. The van der Waals surface area contributed by atoms with Gasteiger partial charge in [0, 0.05) is 0 Å². The first kappa shape index (κ1) is 13.1. The molecule has 3 atom stereocenters. The van der Waals surface area contributed by atoms with Crippen LogP contribution in [-0.2, 0) is 0 Å². The summed E-state index contributed by atoms with van der Waals surface area (Å²) in [6.07, 6.45) is 9.03. The average molecular weight is 210 g/mol. The Morgan fingerprint density at radius 3 is 2.20 bits per heavy atom. The minimum Gasteiger partial charge on any atom is -0.0683 e. The summed E-state index contributed by atoms with van der Waals surface area (Å²) in [4.78, 5) is 0. The third-order valence-electron chi connectivity index (χ3n) is 4.39. The van der Waals surface area contributed by atoms with Gasteiger partial charge in [0.2, 0.25) is 0 Å². The van der Waals surface area contributed by atoms with Crippen molar-refractivity contribution in [2.24, 2.45) is 23.2 Å². The molecule has 0 aliphatic heterocycles. The van der Waals surface area contributed by atoms with Crippen LogP contribution in [0.3, 0.4) is 0 Å². The Bertz CT molecular complexity index is 180. The first-order valence-electron chi connectivity index (χ1n) is 7.08. The zero-order valence-electron chi connectivity index (χ0n) is 11.5. The van der Waals surface area contributed by atoms with Crippen molar-refractivity contribution in [2.75, 3.05) is 0 Å². The summed E-state index contributed by atoms with van der Waals surface area (Å²) in [6, 6.07) is 0. The minimum absolute atomic E-state index is 0.637. The van der Waals surface area contributed by atoms with Crippen LogP contribution in [0.1, 0.15) is 73.1 Å². The molecule has 0 bridgehead atoms. The van der Waals surface area contributed by atoms with Gasteiger partial charge >= 0.3 is 0 Å². The molecule has 0 aromatic heterocycles. The molecular formula is C15H30. The lowest BCUT2D eigenvalue weighted by Gasteiger charge is -2.47. The molecule has 2 saturated carbocycles. The second-order valence-corrected chi connectivity index (χ2v) is 6.26. The molecule has 0 N–H and O–H groups in total. The molecule has 2 aliphatic carbocycles. The maximum atomic E-state index is 2.49. The molecule has 2 aliphatic rings.